The first-order chi connectivity index (χ1) is 18.5. The number of amides is 4. The Bertz CT molecular complexity index is 1150. The summed E-state index contributed by atoms with van der Waals surface area (Å²) in [5.74, 6) is -3.91. The molecule has 0 spiro atoms. The van der Waals surface area contributed by atoms with Crippen LogP contribution >= 0.6 is 12.6 Å². The number of hydrogen-bond acceptors (Lipinski definition) is 8. The fourth-order valence-electron chi connectivity index (χ4n) is 3.42. The highest BCUT2D eigenvalue weighted by Crippen LogP contribution is 2.11. The van der Waals surface area contributed by atoms with E-state index in [1.54, 1.807) is 42.5 Å². The van der Waals surface area contributed by atoms with Gasteiger partial charge in [0.15, 0.2) is 0 Å². The van der Waals surface area contributed by atoms with Crippen LogP contribution in [0.4, 0.5) is 0 Å². The molecule has 0 aliphatic rings. The second-order valence-corrected chi connectivity index (χ2v) is 9.18. The highest BCUT2D eigenvalue weighted by Gasteiger charge is 2.26. The summed E-state index contributed by atoms with van der Waals surface area (Å²) in [6.45, 7) is 0.788. The molecule has 0 aliphatic carbocycles. The summed E-state index contributed by atoms with van der Waals surface area (Å²) in [5.41, 5.74) is 7.38. The molecule has 2 aromatic rings. The zero-order valence-corrected chi connectivity index (χ0v) is 22.2. The van der Waals surface area contributed by atoms with E-state index in [0.717, 1.165) is 5.56 Å². The Hall–Kier alpha value is -4.10. The van der Waals surface area contributed by atoms with Gasteiger partial charge < -0.3 is 37.2 Å². The predicted molar refractivity (Wildman–Crippen MR) is 146 cm³/mol. The molecule has 2 rings (SSSR count). The molecule has 0 saturated carbocycles. The third kappa shape index (κ3) is 10.7. The molecule has 0 fully saturated rings. The van der Waals surface area contributed by atoms with Crippen LogP contribution in [0.25, 0.3) is 0 Å². The first-order valence-electron chi connectivity index (χ1n) is 12.1. The molecule has 210 valence electrons. The summed E-state index contributed by atoms with van der Waals surface area (Å²) in [4.78, 5) is 61.5. The molecule has 0 aromatic heterocycles. The monoisotopic (exact) mass is 559 g/mol. The van der Waals surface area contributed by atoms with E-state index < -0.39 is 60.3 Å². The van der Waals surface area contributed by atoms with E-state index in [2.05, 4.69) is 33.9 Å². The van der Waals surface area contributed by atoms with Crippen molar-refractivity contribution >= 4 is 42.2 Å². The first-order valence-corrected chi connectivity index (χ1v) is 12.7. The average Bonchev–Trinajstić information content (AvgIpc) is 2.91. The zero-order valence-electron chi connectivity index (χ0n) is 21.3. The van der Waals surface area contributed by atoms with Gasteiger partial charge in [0.25, 0.3) is 0 Å². The Balaban J connectivity index is 1.93. The molecule has 13 heteroatoms. The zero-order chi connectivity index (χ0) is 28.9. The molecule has 0 bridgehead atoms. The van der Waals surface area contributed by atoms with Gasteiger partial charge in [0.05, 0.1) is 12.6 Å². The summed E-state index contributed by atoms with van der Waals surface area (Å²) < 4.78 is 0. The van der Waals surface area contributed by atoms with Crippen LogP contribution in [0.15, 0.2) is 54.6 Å². The lowest BCUT2D eigenvalue weighted by atomic mass is 10.0. The van der Waals surface area contributed by atoms with Gasteiger partial charge in [-0.25, -0.2) is 0 Å². The van der Waals surface area contributed by atoms with Crippen molar-refractivity contribution in [3.05, 3.63) is 65.7 Å². The maximum absolute atomic E-state index is 12.7. The quantitative estimate of drug-likeness (QED) is 0.136. The molecule has 0 aliphatic heterocycles. The van der Waals surface area contributed by atoms with Gasteiger partial charge in [0, 0.05) is 12.2 Å². The average molecular weight is 560 g/mol. The van der Waals surface area contributed by atoms with Gasteiger partial charge in [0.1, 0.15) is 23.9 Å². The third-order valence-electron chi connectivity index (χ3n) is 5.63. The lowest BCUT2D eigenvalue weighted by molar-refractivity contribution is -0.141. The number of aromatic hydroxyl groups is 1. The number of phenolic OH excluding ortho intramolecular Hbond substituents is 1. The first kappa shape index (κ1) is 31.1. The van der Waals surface area contributed by atoms with Gasteiger partial charge >= 0.3 is 5.97 Å². The predicted octanol–water partition coefficient (Wildman–Crippen LogP) is -0.890. The maximum Gasteiger partial charge on any atom is 0.325 e. The van der Waals surface area contributed by atoms with E-state index in [1.165, 1.54) is 19.1 Å². The van der Waals surface area contributed by atoms with Crippen molar-refractivity contribution in [2.75, 3.05) is 12.3 Å². The normalized spacial score (nSPS) is 13.7. The number of carbonyl (C=O) groups is 5. The van der Waals surface area contributed by atoms with E-state index in [1.807, 2.05) is 0 Å². The molecule has 4 amide bonds. The summed E-state index contributed by atoms with van der Waals surface area (Å²) in [6, 6.07) is 10.7. The highest BCUT2D eigenvalue weighted by molar-refractivity contribution is 7.80. The third-order valence-corrected chi connectivity index (χ3v) is 6.00. The molecule has 4 atom stereocenters. The number of benzene rings is 2. The van der Waals surface area contributed by atoms with Gasteiger partial charge in [-0.1, -0.05) is 42.5 Å². The largest absolute Gasteiger partial charge is 0.508 e. The van der Waals surface area contributed by atoms with Crippen LogP contribution in [-0.4, -0.2) is 76.3 Å². The Labute approximate surface area is 231 Å². The lowest BCUT2D eigenvalue weighted by Crippen LogP contribution is -2.55. The van der Waals surface area contributed by atoms with Gasteiger partial charge in [-0.15, -0.1) is 0 Å². The Morgan fingerprint density at radius 1 is 0.821 bits per heavy atom. The second-order valence-electron chi connectivity index (χ2n) is 8.82. The molecule has 0 unspecified atom stereocenters. The van der Waals surface area contributed by atoms with Crippen molar-refractivity contribution < 1.29 is 34.2 Å². The Morgan fingerprint density at radius 2 is 1.44 bits per heavy atom. The molecule has 0 heterocycles. The van der Waals surface area contributed by atoms with Crippen molar-refractivity contribution in [1.82, 2.24) is 21.3 Å². The topological polar surface area (TPSA) is 200 Å². The molecular formula is C26H33N5O7S. The molecule has 0 radical (unpaired) electrons. The number of rotatable bonds is 14. The standard InChI is InChI=1S/C26H33N5O7S/c1-15(26(37)38)29-25(36)20(12-16-5-3-2-4-6-16)30-22(33)13-28-24(35)21(14-39)31-23(34)19(27)11-17-7-9-18(32)10-8-17/h2-10,15,19-21,32,39H,11-14,27H2,1H3,(H,28,35)(H,29,36)(H,30,33)(H,31,34)(H,37,38)/t15-,19+,20+,21-/m1/s1. The molecule has 12 nitrogen and oxygen atoms in total. The van der Waals surface area contributed by atoms with E-state index >= 15 is 0 Å². The van der Waals surface area contributed by atoms with Gasteiger partial charge in [0.2, 0.25) is 23.6 Å². The summed E-state index contributed by atoms with van der Waals surface area (Å²) in [7, 11) is 0. The minimum absolute atomic E-state index is 0.0722. The SMILES string of the molecule is C[C@@H](NC(=O)[C@H](Cc1ccccc1)NC(=O)CNC(=O)[C@@H](CS)NC(=O)[C@@H](N)Cc1ccc(O)cc1)C(=O)O. The van der Waals surface area contributed by atoms with Crippen LogP contribution in [0, 0.1) is 0 Å². The molecular weight excluding hydrogens is 526 g/mol. The van der Waals surface area contributed by atoms with Crippen molar-refractivity contribution in [2.45, 2.75) is 43.9 Å². The van der Waals surface area contributed by atoms with Gasteiger partial charge in [-0.3, -0.25) is 24.0 Å². The van der Waals surface area contributed by atoms with E-state index in [-0.39, 0.29) is 24.3 Å². The number of phenols is 1. The minimum Gasteiger partial charge on any atom is -0.508 e. The van der Waals surface area contributed by atoms with E-state index in [9.17, 15) is 29.1 Å². The van der Waals surface area contributed by atoms with Crippen molar-refractivity contribution in [3.8, 4) is 5.75 Å². The fourth-order valence-corrected chi connectivity index (χ4v) is 3.68. The van der Waals surface area contributed by atoms with Crippen LogP contribution in [-0.2, 0) is 36.8 Å². The number of nitrogens with one attached hydrogen (secondary N) is 4. The van der Waals surface area contributed by atoms with Crippen molar-refractivity contribution in [3.63, 3.8) is 0 Å². The summed E-state index contributed by atoms with van der Waals surface area (Å²) in [6.07, 6.45) is 0.258. The Kier molecular flexibility index (Phi) is 12.2. The maximum atomic E-state index is 12.7. The molecule has 2 aromatic carbocycles. The molecule has 39 heavy (non-hydrogen) atoms. The van der Waals surface area contributed by atoms with Crippen molar-refractivity contribution in [1.29, 1.82) is 0 Å². The number of carbonyl (C=O) groups excluding carboxylic acids is 4. The fraction of sp³-hybridized carbons (Fsp3) is 0.346. The number of hydrogen-bond donors (Lipinski definition) is 8. The van der Waals surface area contributed by atoms with Crippen LogP contribution in [0.1, 0.15) is 18.1 Å². The summed E-state index contributed by atoms with van der Waals surface area (Å²) in [5, 5.41) is 28.2. The van der Waals surface area contributed by atoms with Crippen LogP contribution < -0.4 is 27.0 Å². The van der Waals surface area contributed by atoms with Crippen LogP contribution in [0.2, 0.25) is 0 Å². The molecule has 8 N–H and O–H groups in total. The number of aliphatic carboxylic acids is 1. The molecule has 0 saturated heterocycles. The number of thiol groups is 1. The van der Waals surface area contributed by atoms with Crippen molar-refractivity contribution in [2.24, 2.45) is 5.73 Å². The minimum atomic E-state index is -1.23. The second kappa shape index (κ2) is 15.3. The highest BCUT2D eigenvalue weighted by atomic mass is 32.1. The van der Waals surface area contributed by atoms with Crippen LogP contribution in [0.3, 0.4) is 0 Å². The number of carboxylic acid groups (broad SMARTS) is 1. The van der Waals surface area contributed by atoms with Gasteiger partial charge in [-0.2, -0.15) is 12.6 Å². The van der Waals surface area contributed by atoms with E-state index in [4.69, 9.17) is 10.8 Å². The smallest absolute Gasteiger partial charge is 0.325 e. The Morgan fingerprint density at radius 3 is 2.03 bits per heavy atom. The number of carboxylic acids is 1. The summed E-state index contributed by atoms with van der Waals surface area (Å²) >= 11 is 4.09. The lowest BCUT2D eigenvalue weighted by Gasteiger charge is -2.21. The van der Waals surface area contributed by atoms with Gasteiger partial charge in [-0.05, 0) is 36.6 Å². The van der Waals surface area contributed by atoms with E-state index in [0.29, 0.717) is 5.56 Å². The number of nitrogens with two attached hydrogens (primary N) is 1. The van der Waals surface area contributed by atoms with Crippen LogP contribution in [0.5, 0.6) is 5.75 Å².